The molecule has 1 fully saturated rings. The molecule has 0 bridgehead atoms. The van der Waals surface area contributed by atoms with Crippen LogP contribution in [0, 0.1) is 0 Å². The van der Waals surface area contributed by atoms with Crippen LogP contribution in [0.3, 0.4) is 0 Å². The lowest BCUT2D eigenvalue weighted by Gasteiger charge is -2.42. The van der Waals surface area contributed by atoms with Gasteiger partial charge in [-0.2, -0.15) is 0 Å². The lowest BCUT2D eigenvalue weighted by molar-refractivity contribution is 0.135. The highest BCUT2D eigenvalue weighted by Crippen LogP contribution is 2.35. The molecule has 1 aliphatic rings. The fourth-order valence-electron chi connectivity index (χ4n) is 3.33. The van der Waals surface area contributed by atoms with Gasteiger partial charge in [0.25, 0.3) is 0 Å². The molecular weight excluding hydrogens is 320 g/mol. The molecule has 25 heavy (non-hydrogen) atoms. The Morgan fingerprint density at radius 3 is 2.72 bits per heavy atom. The van der Waals surface area contributed by atoms with E-state index in [1.165, 1.54) is 0 Å². The van der Waals surface area contributed by atoms with E-state index >= 15 is 0 Å². The van der Waals surface area contributed by atoms with Gasteiger partial charge in [-0.3, -0.25) is 0 Å². The summed E-state index contributed by atoms with van der Waals surface area (Å²) < 4.78 is 11.0. The number of amides is 2. The molecule has 2 aromatic rings. The molecule has 1 aromatic heterocycles. The number of benzene rings is 1. The van der Waals surface area contributed by atoms with Crippen LogP contribution in [0.5, 0.6) is 5.75 Å². The number of aliphatic hydroxyl groups excluding tert-OH is 1. The molecule has 1 aromatic carbocycles. The van der Waals surface area contributed by atoms with Crippen molar-refractivity contribution in [3.05, 3.63) is 54.0 Å². The van der Waals surface area contributed by atoms with E-state index in [4.69, 9.17) is 9.15 Å². The van der Waals surface area contributed by atoms with E-state index in [1.807, 2.05) is 30.3 Å². The summed E-state index contributed by atoms with van der Waals surface area (Å²) >= 11 is 0. The van der Waals surface area contributed by atoms with E-state index in [0.29, 0.717) is 17.9 Å². The van der Waals surface area contributed by atoms with E-state index in [1.54, 1.807) is 19.4 Å². The third-order valence-electron chi connectivity index (χ3n) is 4.83. The molecule has 0 spiro atoms. The van der Waals surface area contributed by atoms with Gasteiger partial charge in [0.1, 0.15) is 17.6 Å². The van der Waals surface area contributed by atoms with Gasteiger partial charge in [0, 0.05) is 17.7 Å². The molecule has 1 saturated carbocycles. The van der Waals surface area contributed by atoms with Crippen LogP contribution in [-0.2, 0) is 0 Å². The van der Waals surface area contributed by atoms with Crippen LogP contribution in [0.4, 0.5) is 4.79 Å². The molecule has 1 atom stereocenters. The summed E-state index contributed by atoms with van der Waals surface area (Å²) in [7, 11) is 1.60. The molecule has 3 N–H and O–H groups in total. The number of hydrogen-bond acceptors (Lipinski definition) is 4. The van der Waals surface area contributed by atoms with Crippen LogP contribution in [0.1, 0.15) is 43.0 Å². The van der Waals surface area contributed by atoms with Gasteiger partial charge in [-0.15, -0.1) is 0 Å². The van der Waals surface area contributed by atoms with Crippen molar-refractivity contribution in [3.63, 3.8) is 0 Å². The van der Waals surface area contributed by atoms with Gasteiger partial charge in [0.15, 0.2) is 0 Å². The fraction of sp³-hybridized carbons (Fsp3) is 0.421. The monoisotopic (exact) mass is 344 g/mol. The predicted octanol–water partition coefficient (Wildman–Crippen LogP) is 2.98. The number of rotatable bonds is 7. The second kappa shape index (κ2) is 7.61. The largest absolute Gasteiger partial charge is 0.496 e. The Labute approximate surface area is 147 Å². The summed E-state index contributed by atoms with van der Waals surface area (Å²) in [6, 6.07) is 10.4. The number of carbonyl (C=O) groups excluding carboxylic acids is 1. The highest BCUT2D eigenvalue weighted by Gasteiger charge is 2.38. The third kappa shape index (κ3) is 3.79. The standard InChI is InChI=1S/C19H24N2O4/c1-24-15-7-3-2-6-14(15)17(16-8-4-13-25-16)20-18(23)21-19(11-12-22)9-5-10-19/h2-4,6-8,13,17,22H,5,9-12H2,1H3,(H2,20,21,23)/t17-/m0/s1. The van der Waals surface area contributed by atoms with E-state index in [2.05, 4.69) is 10.6 Å². The maximum absolute atomic E-state index is 12.6. The first-order valence-corrected chi connectivity index (χ1v) is 8.53. The van der Waals surface area contributed by atoms with Gasteiger partial charge in [-0.1, -0.05) is 18.2 Å². The number of urea groups is 1. The minimum absolute atomic E-state index is 0.0639. The fourth-order valence-corrected chi connectivity index (χ4v) is 3.33. The number of carbonyl (C=O) groups is 1. The summed E-state index contributed by atoms with van der Waals surface area (Å²) in [4.78, 5) is 12.6. The van der Waals surface area contributed by atoms with Gasteiger partial charge < -0.3 is 24.9 Å². The maximum atomic E-state index is 12.6. The number of hydrogen-bond donors (Lipinski definition) is 3. The average Bonchev–Trinajstić information content (AvgIpc) is 3.12. The molecule has 3 rings (SSSR count). The van der Waals surface area contributed by atoms with Crippen molar-refractivity contribution in [1.29, 1.82) is 0 Å². The van der Waals surface area contributed by atoms with Crippen molar-refractivity contribution in [2.75, 3.05) is 13.7 Å². The zero-order valence-electron chi connectivity index (χ0n) is 14.3. The summed E-state index contributed by atoms with van der Waals surface area (Å²) in [5.41, 5.74) is 0.521. The van der Waals surface area contributed by atoms with Gasteiger partial charge in [0.05, 0.1) is 13.4 Å². The van der Waals surface area contributed by atoms with E-state index in [9.17, 15) is 9.90 Å². The lowest BCUT2D eigenvalue weighted by atomic mass is 9.74. The van der Waals surface area contributed by atoms with Gasteiger partial charge in [-0.25, -0.2) is 4.79 Å². The second-order valence-corrected chi connectivity index (χ2v) is 6.40. The van der Waals surface area contributed by atoms with Gasteiger partial charge >= 0.3 is 6.03 Å². The molecule has 1 heterocycles. The first-order chi connectivity index (χ1) is 12.2. The Morgan fingerprint density at radius 2 is 2.12 bits per heavy atom. The number of ether oxygens (including phenoxy) is 1. The number of para-hydroxylation sites is 1. The SMILES string of the molecule is COc1ccccc1[C@H](NC(=O)NC1(CCO)CCC1)c1ccco1. The third-order valence-corrected chi connectivity index (χ3v) is 4.83. The average molecular weight is 344 g/mol. The lowest BCUT2D eigenvalue weighted by Crippen LogP contribution is -2.57. The number of methoxy groups -OCH3 is 1. The zero-order valence-corrected chi connectivity index (χ0v) is 14.3. The van der Waals surface area contributed by atoms with Crippen molar-refractivity contribution in [3.8, 4) is 5.75 Å². The Morgan fingerprint density at radius 1 is 1.32 bits per heavy atom. The molecule has 6 nitrogen and oxygen atoms in total. The van der Waals surface area contributed by atoms with Crippen molar-refractivity contribution < 1.29 is 19.1 Å². The molecule has 0 aliphatic heterocycles. The predicted molar refractivity (Wildman–Crippen MR) is 93.5 cm³/mol. The number of aliphatic hydroxyl groups is 1. The van der Waals surface area contributed by atoms with E-state index in [0.717, 1.165) is 24.8 Å². The Kier molecular flexibility index (Phi) is 5.28. The Hall–Kier alpha value is -2.47. The van der Waals surface area contributed by atoms with Crippen LogP contribution in [0.15, 0.2) is 47.1 Å². The Bertz CT molecular complexity index is 695. The summed E-state index contributed by atoms with van der Waals surface area (Å²) in [6.45, 7) is 0.0639. The zero-order chi connectivity index (χ0) is 17.7. The van der Waals surface area contributed by atoms with E-state index < -0.39 is 6.04 Å². The molecule has 1 aliphatic carbocycles. The Balaban J connectivity index is 1.80. The number of nitrogens with one attached hydrogen (secondary N) is 2. The van der Waals surface area contributed by atoms with Crippen molar-refractivity contribution in [2.45, 2.75) is 37.3 Å². The van der Waals surface area contributed by atoms with Crippen molar-refractivity contribution in [1.82, 2.24) is 10.6 Å². The number of furan rings is 1. The van der Waals surface area contributed by atoms with Crippen LogP contribution < -0.4 is 15.4 Å². The second-order valence-electron chi connectivity index (χ2n) is 6.40. The summed E-state index contributed by atoms with van der Waals surface area (Å²) in [6.07, 6.45) is 4.99. The molecule has 0 unspecified atom stereocenters. The molecule has 2 amide bonds. The van der Waals surface area contributed by atoms with Gasteiger partial charge in [-0.05, 0) is 43.9 Å². The summed E-state index contributed by atoms with van der Waals surface area (Å²) in [5.74, 6) is 1.31. The minimum Gasteiger partial charge on any atom is -0.496 e. The van der Waals surface area contributed by atoms with Crippen LogP contribution in [0.2, 0.25) is 0 Å². The maximum Gasteiger partial charge on any atom is 0.316 e. The summed E-state index contributed by atoms with van der Waals surface area (Å²) in [5, 5.41) is 15.3. The van der Waals surface area contributed by atoms with Gasteiger partial charge in [0.2, 0.25) is 0 Å². The highest BCUT2D eigenvalue weighted by atomic mass is 16.5. The highest BCUT2D eigenvalue weighted by molar-refractivity contribution is 5.76. The normalized spacial score (nSPS) is 16.6. The molecule has 0 saturated heterocycles. The molecular formula is C19H24N2O4. The minimum atomic E-state index is -0.461. The van der Waals surface area contributed by atoms with E-state index in [-0.39, 0.29) is 18.2 Å². The molecule has 6 heteroatoms. The van der Waals surface area contributed by atoms with Crippen LogP contribution in [-0.4, -0.2) is 30.4 Å². The first-order valence-electron chi connectivity index (χ1n) is 8.53. The first kappa shape index (κ1) is 17.4. The molecule has 0 radical (unpaired) electrons. The van der Waals surface area contributed by atoms with Crippen molar-refractivity contribution >= 4 is 6.03 Å². The molecule has 134 valence electrons. The topological polar surface area (TPSA) is 83.7 Å². The van der Waals surface area contributed by atoms with Crippen molar-refractivity contribution in [2.24, 2.45) is 0 Å². The smallest absolute Gasteiger partial charge is 0.316 e. The quantitative estimate of drug-likeness (QED) is 0.721. The van der Waals surface area contributed by atoms with Crippen LogP contribution >= 0.6 is 0 Å². The van der Waals surface area contributed by atoms with Crippen LogP contribution in [0.25, 0.3) is 0 Å².